The molecule has 2 amide bonds. The van der Waals surface area contributed by atoms with Gasteiger partial charge < -0.3 is 4.84 Å². The number of ketones is 1. The Morgan fingerprint density at radius 3 is 2.64 bits per heavy atom. The number of rotatable bonds is 3. The van der Waals surface area contributed by atoms with Crippen molar-refractivity contribution in [2.24, 2.45) is 0 Å². The van der Waals surface area contributed by atoms with E-state index >= 15 is 0 Å². The predicted molar refractivity (Wildman–Crippen MR) is 75.5 cm³/mol. The molecule has 0 unspecified atom stereocenters. The summed E-state index contributed by atoms with van der Waals surface area (Å²) in [6.07, 6.45) is 2.22. The predicted octanol–water partition coefficient (Wildman–Crippen LogP) is 1.90. The van der Waals surface area contributed by atoms with Crippen LogP contribution in [-0.4, -0.2) is 28.6 Å². The van der Waals surface area contributed by atoms with E-state index in [1.165, 1.54) is 12.1 Å². The fourth-order valence-corrected chi connectivity index (χ4v) is 2.60. The van der Waals surface area contributed by atoms with Crippen LogP contribution in [0, 0.1) is 0 Å². The first-order valence-corrected chi connectivity index (χ1v) is 7.01. The first kappa shape index (κ1) is 14.2. The van der Waals surface area contributed by atoms with Gasteiger partial charge in [0.25, 0.3) is 11.8 Å². The molecule has 112 valence electrons. The summed E-state index contributed by atoms with van der Waals surface area (Å²) in [6.45, 7) is 1.79. The zero-order valence-corrected chi connectivity index (χ0v) is 11.9. The molecule has 1 aliphatic carbocycles. The van der Waals surface area contributed by atoms with Crippen LogP contribution in [0.1, 0.15) is 52.5 Å². The van der Waals surface area contributed by atoms with E-state index in [0.29, 0.717) is 22.6 Å². The molecule has 0 spiro atoms. The molecule has 1 aromatic rings. The number of hydroxylamine groups is 2. The molecule has 6 nitrogen and oxygen atoms in total. The molecule has 2 aliphatic rings. The molecule has 1 aliphatic heterocycles. The summed E-state index contributed by atoms with van der Waals surface area (Å²) in [5.41, 5.74) is 1.13. The van der Waals surface area contributed by atoms with Crippen molar-refractivity contribution in [2.75, 3.05) is 0 Å². The van der Waals surface area contributed by atoms with Gasteiger partial charge in [0.2, 0.25) is 0 Å². The van der Waals surface area contributed by atoms with Crippen LogP contribution in [-0.2, 0) is 14.4 Å². The standard InChI is InChI=1S/C16H13NO5/c1-2-4-13(19)22-17-15(20)10-6-3-5-9-12(18)8-7-11(14(9)10)16(17)21/h3,5-7H,2,4,8H2,1H3. The zero-order chi connectivity index (χ0) is 15.9. The number of allylic oxidation sites excluding steroid dienone is 1. The topological polar surface area (TPSA) is 80.8 Å². The summed E-state index contributed by atoms with van der Waals surface area (Å²) in [7, 11) is 0. The fourth-order valence-electron chi connectivity index (χ4n) is 2.60. The van der Waals surface area contributed by atoms with Crippen LogP contribution in [0.2, 0.25) is 0 Å². The van der Waals surface area contributed by atoms with Gasteiger partial charge in [0, 0.05) is 29.5 Å². The van der Waals surface area contributed by atoms with Gasteiger partial charge in [-0.25, -0.2) is 4.79 Å². The van der Waals surface area contributed by atoms with Crippen LogP contribution in [0.5, 0.6) is 0 Å². The Kier molecular flexibility index (Phi) is 3.36. The largest absolute Gasteiger partial charge is 0.333 e. The van der Waals surface area contributed by atoms with Crippen molar-refractivity contribution in [2.45, 2.75) is 26.2 Å². The van der Waals surface area contributed by atoms with Crippen molar-refractivity contribution in [3.63, 3.8) is 0 Å². The lowest BCUT2D eigenvalue weighted by Gasteiger charge is -2.29. The Morgan fingerprint density at radius 1 is 1.18 bits per heavy atom. The first-order chi connectivity index (χ1) is 10.5. The minimum Gasteiger partial charge on any atom is -0.330 e. The van der Waals surface area contributed by atoms with Crippen molar-refractivity contribution in [3.8, 4) is 0 Å². The van der Waals surface area contributed by atoms with E-state index in [1.807, 2.05) is 0 Å². The monoisotopic (exact) mass is 299 g/mol. The van der Waals surface area contributed by atoms with Gasteiger partial charge in [0.15, 0.2) is 5.78 Å². The maximum absolute atomic E-state index is 12.4. The van der Waals surface area contributed by atoms with E-state index in [2.05, 4.69) is 0 Å². The number of carbonyl (C=O) groups excluding carboxylic acids is 4. The summed E-state index contributed by atoms with van der Waals surface area (Å²) in [4.78, 5) is 53.2. The van der Waals surface area contributed by atoms with Crippen molar-refractivity contribution in [1.29, 1.82) is 0 Å². The SMILES string of the molecule is CCCC(=O)ON1C(=O)C2=CCC(=O)c3cccc(c32)C1=O. The Balaban J connectivity index is 2.07. The molecule has 3 rings (SSSR count). The Labute approximate surface area is 126 Å². The minimum absolute atomic E-state index is 0.0858. The molecular formula is C16H13NO5. The zero-order valence-electron chi connectivity index (χ0n) is 11.9. The molecule has 22 heavy (non-hydrogen) atoms. The molecule has 1 heterocycles. The highest BCUT2D eigenvalue weighted by atomic mass is 16.7. The van der Waals surface area contributed by atoms with E-state index in [0.717, 1.165) is 0 Å². The molecule has 0 atom stereocenters. The molecule has 0 saturated heterocycles. The molecule has 0 bridgehead atoms. The smallest absolute Gasteiger partial charge is 0.330 e. The average molecular weight is 299 g/mol. The molecule has 0 aromatic heterocycles. The molecule has 0 fully saturated rings. The van der Waals surface area contributed by atoms with Crippen molar-refractivity contribution in [1.82, 2.24) is 5.06 Å². The molecule has 0 saturated carbocycles. The van der Waals surface area contributed by atoms with E-state index in [1.54, 1.807) is 19.1 Å². The first-order valence-electron chi connectivity index (χ1n) is 7.01. The maximum Gasteiger partial charge on any atom is 0.333 e. The highest BCUT2D eigenvalue weighted by Gasteiger charge is 2.41. The number of hydrogen-bond donors (Lipinski definition) is 0. The molecular weight excluding hydrogens is 286 g/mol. The van der Waals surface area contributed by atoms with Gasteiger partial charge in [-0.2, -0.15) is 0 Å². The van der Waals surface area contributed by atoms with Crippen LogP contribution >= 0.6 is 0 Å². The quantitative estimate of drug-likeness (QED) is 0.796. The van der Waals surface area contributed by atoms with Crippen LogP contribution in [0.15, 0.2) is 24.3 Å². The highest BCUT2D eigenvalue weighted by Crippen LogP contribution is 2.35. The van der Waals surface area contributed by atoms with Crippen LogP contribution in [0.3, 0.4) is 0 Å². The molecule has 1 aromatic carbocycles. The summed E-state index contributed by atoms with van der Waals surface area (Å²) >= 11 is 0. The molecule has 0 radical (unpaired) electrons. The normalized spacial score (nSPS) is 16.3. The summed E-state index contributed by atoms with van der Waals surface area (Å²) in [6, 6.07) is 4.68. The van der Waals surface area contributed by atoms with Crippen molar-refractivity contribution in [3.05, 3.63) is 41.0 Å². The van der Waals surface area contributed by atoms with Gasteiger partial charge in [-0.15, -0.1) is 0 Å². The van der Waals surface area contributed by atoms with Crippen molar-refractivity contribution >= 4 is 29.1 Å². The lowest BCUT2D eigenvalue weighted by atomic mass is 9.83. The van der Waals surface area contributed by atoms with E-state index in [-0.39, 0.29) is 29.8 Å². The third kappa shape index (κ3) is 2.04. The molecule has 0 N–H and O–H groups in total. The lowest BCUT2D eigenvalue weighted by Crippen LogP contribution is -2.44. The van der Waals surface area contributed by atoms with Crippen molar-refractivity contribution < 1.29 is 24.0 Å². The van der Waals surface area contributed by atoms with Crippen LogP contribution < -0.4 is 0 Å². The summed E-state index contributed by atoms with van der Waals surface area (Å²) in [5, 5.41) is 0.492. The number of nitrogens with zero attached hydrogens (tertiary/aromatic N) is 1. The third-order valence-electron chi connectivity index (χ3n) is 3.60. The van der Waals surface area contributed by atoms with E-state index in [4.69, 9.17) is 4.84 Å². The van der Waals surface area contributed by atoms with Gasteiger partial charge in [0.1, 0.15) is 0 Å². The van der Waals surface area contributed by atoms with Gasteiger partial charge >= 0.3 is 5.97 Å². The molecule has 6 heteroatoms. The second-order valence-electron chi connectivity index (χ2n) is 5.09. The third-order valence-corrected chi connectivity index (χ3v) is 3.60. The average Bonchev–Trinajstić information content (AvgIpc) is 2.51. The lowest BCUT2D eigenvalue weighted by molar-refractivity contribution is -0.183. The van der Waals surface area contributed by atoms with E-state index in [9.17, 15) is 19.2 Å². The summed E-state index contributed by atoms with van der Waals surface area (Å²) in [5.74, 6) is -2.21. The summed E-state index contributed by atoms with van der Waals surface area (Å²) < 4.78 is 0. The number of imide groups is 1. The van der Waals surface area contributed by atoms with Crippen LogP contribution in [0.25, 0.3) is 5.57 Å². The second-order valence-corrected chi connectivity index (χ2v) is 5.09. The van der Waals surface area contributed by atoms with E-state index < -0.39 is 17.8 Å². The highest BCUT2D eigenvalue weighted by molar-refractivity contribution is 6.33. The fraction of sp³-hybridized carbons (Fsp3) is 0.250. The number of hydrogen-bond acceptors (Lipinski definition) is 5. The number of amides is 2. The number of Topliss-reactive ketones (excluding diaryl/α,β-unsaturated/α-hetero) is 1. The maximum atomic E-state index is 12.4. The van der Waals surface area contributed by atoms with Crippen LogP contribution in [0.4, 0.5) is 0 Å². The Morgan fingerprint density at radius 2 is 1.91 bits per heavy atom. The van der Waals surface area contributed by atoms with Gasteiger partial charge in [0.05, 0.1) is 5.56 Å². The Bertz CT molecular complexity index is 747. The minimum atomic E-state index is -0.724. The van der Waals surface area contributed by atoms with Gasteiger partial charge in [-0.3, -0.25) is 14.4 Å². The number of benzene rings is 1. The second kappa shape index (κ2) is 5.22. The van der Waals surface area contributed by atoms with Gasteiger partial charge in [-0.05, 0) is 12.5 Å². The number of carbonyl (C=O) groups is 4. The van der Waals surface area contributed by atoms with Gasteiger partial charge in [-0.1, -0.05) is 30.2 Å². The Hall–Kier alpha value is -2.76.